The molecule has 0 saturated carbocycles. The SMILES string of the molecule is Fc1ccc(N=Cc2ccc(OCc3ccc(Br)cc3)cc2)cc1. The maximum atomic E-state index is 12.8. The summed E-state index contributed by atoms with van der Waals surface area (Å²) in [6, 6.07) is 21.8. The molecule has 4 heteroatoms. The molecule has 3 aromatic carbocycles. The molecule has 3 rings (SSSR count). The maximum Gasteiger partial charge on any atom is 0.123 e. The van der Waals surface area contributed by atoms with Crippen LogP contribution in [0.4, 0.5) is 10.1 Å². The predicted molar refractivity (Wildman–Crippen MR) is 98.6 cm³/mol. The Morgan fingerprint density at radius 1 is 0.875 bits per heavy atom. The van der Waals surface area contributed by atoms with E-state index < -0.39 is 0 Å². The number of rotatable bonds is 5. The van der Waals surface area contributed by atoms with Gasteiger partial charge in [0.2, 0.25) is 0 Å². The van der Waals surface area contributed by atoms with Gasteiger partial charge in [0.1, 0.15) is 18.2 Å². The predicted octanol–water partition coefficient (Wildman–Crippen LogP) is 5.92. The highest BCUT2D eigenvalue weighted by atomic mass is 79.9. The smallest absolute Gasteiger partial charge is 0.123 e. The minimum atomic E-state index is -0.263. The van der Waals surface area contributed by atoms with E-state index >= 15 is 0 Å². The number of aliphatic imine (C=N–C) groups is 1. The molecule has 120 valence electrons. The van der Waals surface area contributed by atoms with Crippen LogP contribution in [0.5, 0.6) is 5.75 Å². The van der Waals surface area contributed by atoms with Gasteiger partial charge in [-0.05, 0) is 71.8 Å². The fourth-order valence-electron chi connectivity index (χ4n) is 2.07. The molecule has 0 aromatic heterocycles. The second-order valence-electron chi connectivity index (χ2n) is 5.22. The number of halogens is 2. The molecule has 0 N–H and O–H groups in total. The van der Waals surface area contributed by atoms with Crippen LogP contribution in [-0.4, -0.2) is 6.21 Å². The van der Waals surface area contributed by atoms with Crippen LogP contribution in [0.2, 0.25) is 0 Å². The molecular weight excluding hydrogens is 369 g/mol. The third kappa shape index (κ3) is 4.77. The summed E-state index contributed by atoms with van der Waals surface area (Å²) >= 11 is 3.41. The molecule has 0 aliphatic rings. The largest absolute Gasteiger partial charge is 0.489 e. The van der Waals surface area contributed by atoms with E-state index in [-0.39, 0.29) is 5.82 Å². The second kappa shape index (κ2) is 7.88. The lowest BCUT2D eigenvalue weighted by Crippen LogP contribution is -1.95. The minimum Gasteiger partial charge on any atom is -0.489 e. The molecule has 0 atom stereocenters. The van der Waals surface area contributed by atoms with E-state index in [2.05, 4.69) is 20.9 Å². The molecule has 0 unspecified atom stereocenters. The lowest BCUT2D eigenvalue weighted by Gasteiger charge is -2.06. The van der Waals surface area contributed by atoms with Gasteiger partial charge in [-0.2, -0.15) is 0 Å². The molecule has 2 nitrogen and oxygen atoms in total. The van der Waals surface area contributed by atoms with Crippen molar-refractivity contribution in [2.24, 2.45) is 4.99 Å². The van der Waals surface area contributed by atoms with Crippen molar-refractivity contribution < 1.29 is 9.13 Å². The summed E-state index contributed by atoms with van der Waals surface area (Å²) in [5.74, 6) is 0.540. The molecular formula is C20H15BrFNO. The summed E-state index contributed by atoms with van der Waals surface area (Å²) in [6.45, 7) is 0.524. The first kappa shape index (κ1) is 16.4. The summed E-state index contributed by atoms with van der Waals surface area (Å²) in [4.78, 5) is 4.31. The van der Waals surface area contributed by atoms with Crippen molar-refractivity contribution in [3.8, 4) is 5.75 Å². The van der Waals surface area contributed by atoms with Crippen molar-refractivity contribution >= 4 is 27.8 Å². The molecule has 0 spiro atoms. The van der Waals surface area contributed by atoms with Gasteiger partial charge in [-0.15, -0.1) is 0 Å². The Kier molecular flexibility index (Phi) is 5.39. The summed E-state index contributed by atoms with van der Waals surface area (Å²) < 4.78 is 19.7. The van der Waals surface area contributed by atoms with Gasteiger partial charge in [0.05, 0.1) is 5.69 Å². The van der Waals surface area contributed by atoms with Gasteiger partial charge in [0, 0.05) is 10.7 Å². The van der Waals surface area contributed by atoms with Crippen molar-refractivity contribution in [1.82, 2.24) is 0 Å². The van der Waals surface area contributed by atoms with Crippen molar-refractivity contribution in [2.75, 3.05) is 0 Å². The summed E-state index contributed by atoms with van der Waals surface area (Å²) in [7, 11) is 0. The summed E-state index contributed by atoms with van der Waals surface area (Å²) in [6.07, 6.45) is 1.74. The van der Waals surface area contributed by atoms with Gasteiger partial charge in [0.25, 0.3) is 0 Å². The number of benzene rings is 3. The van der Waals surface area contributed by atoms with Crippen LogP contribution in [0.25, 0.3) is 0 Å². The van der Waals surface area contributed by atoms with Crippen LogP contribution < -0.4 is 4.74 Å². The molecule has 0 aliphatic heterocycles. The topological polar surface area (TPSA) is 21.6 Å². The van der Waals surface area contributed by atoms with Crippen LogP contribution in [0, 0.1) is 5.82 Å². The Hall–Kier alpha value is -2.46. The zero-order valence-electron chi connectivity index (χ0n) is 12.8. The number of hydrogen-bond donors (Lipinski definition) is 0. The van der Waals surface area contributed by atoms with Crippen molar-refractivity contribution in [3.05, 3.63) is 94.2 Å². The van der Waals surface area contributed by atoms with Crippen LogP contribution in [0.1, 0.15) is 11.1 Å². The Bertz CT molecular complexity index is 812. The van der Waals surface area contributed by atoms with Gasteiger partial charge in [-0.25, -0.2) is 4.39 Å². The Labute approximate surface area is 148 Å². The molecule has 24 heavy (non-hydrogen) atoms. The van der Waals surface area contributed by atoms with E-state index in [0.717, 1.165) is 21.3 Å². The first-order valence-corrected chi connectivity index (χ1v) is 8.25. The zero-order valence-corrected chi connectivity index (χ0v) is 14.4. The summed E-state index contributed by atoms with van der Waals surface area (Å²) in [5.41, 5.74) is 2.78. The van der Waals surface area contributed by atoms with E-state index in [9.17, 15) is 4.39 Å². The molecule has 0 aliphatic carbocycles. The molecule has 0 radical (unpaired) electrons. The lowest BCUT2D eigenvalue weighted by atomic mass is 10.2. The second-order valence-corrected chi connectivity index (χ2v) is 6.13. The van der Waals surface area contributed by atoms with Gasteiger partial charge in [-0.3, -0.25) is 4.99 Å². The fourth-order valence-corrected chi connectivity index (χ4v) is 2.34. The highest BCUT2D eigenvalue weighted by Crippen LogP contribution is 2.16. The molecule has 0 saturated heterocycles. The average Bonchev–Trinajstić information content (AvgIpc) is 2.62. The number of nitrogens with zero attached hydrogens (tertiary/aromatic N) is 1. The van der Waals surface area contributed by atoms with Gasteiger partial charge < -0.3 is 4.74 Å². The quantitative estimate of drug-likeness (QED) is 0.501. The van der Waals surface area contributed by atoms with Gasteiger partial charge in [-0.1, -0.05) is 28.1 Å². The first-order valence-electron chi connectivity index (χ1n) is 7.46. The van der Waals surface area contributed by atoms with E-state index in [1.54, 1.807) is 18.3 Å². The Balaban J connectivity index is 1.58. The van der Waals surface area contributed by atoms with Crippen LogP contribution in [0.3, 0.4) is 0 Å². The van der Waals surface area contributed by atoms with Gasteiger partial charge in [0.15, 0.2) is 0 Å². The number of hydrogen-bond acceptors (Lipinski definition) is 2. The zero-order chi connectivity index (χ0) is 16.8. The van der Waals surface area contributed by atoms with Crippen molar-refractivity contribution in [1.29, 1.82) is 0 Å². The number of ether oxygens (including phenoxy) is 1. The van der Waals surface area contributed by atoms with Crippen molar-refractivity contribution in [3.63, 3.8) is 0 Å². The van der Waals surface area contributed by atoms with E-state index in [0.29, 0.717) is 12.3 Å². The van der Waals surface area contributed by atoms with E-state index in [4.69, 9.17) is 4.74 Å². The highest BCUT2D eigenvalue weighted by Gasteiger charge is 1.97. The van der Waals surface area contributed by atoms with Crippen LogP contribution in [0.15, 0.2) is 82.3 Å². The molecule has 0 bridgehead atoms. The highest BCUT2D eigenvalue weighted by molar-refractivity contribution is 9.10. The third-order valence-electron chi connectivity index (χ3n) is 3.39. The van der Waals surface area contributed by atoms with Crippen molar-refractivity contribution in [2.45, 2.75) is 6.61 Å². The third-order valence-corrected chi connectivity index (χ3v) is 3.92. The van der Waals surface area contributed by atoms with E-state index in [1.165, 1.54) is 12.1 Å². The average molecular weight is 384 g/mol. The first-order chi connectivity index (χ1) is 11.7. The Morgan fingerprint density at radius 2 is 1.54 bits per heavy atom. The molecule has 0 fully saturated rings. The van der Waals surface area contributed by atoms with Crippen LogP contribution >= 0.6 is 15.9 Å². The fraction of sp³-hybridized carbons (Fsp3) is 0.0500. The Morgan fingerprint density at radius 3 is 2.21 bits per heavy atom. The summed E-state index contributed by atoms with van der Waals surface area (Å²) in [5, 5.41) is 0. The molecule has 3 aromatic rings. The standard InChI is InChI=1S/C20H15BrFNO/c21-17-5-1-16(2-6-17)14-24-20-11-3-15(4-12-20)13-23-19-9-7-18(22)8-10-19/h1-13H,14H2. The normalized spacial score (nSPS) is 10.9. The van der Waals surface area contributed by atoms with Gasteiger partial charge >= 0.3 is 0 Å². The lowest BCUT2D eigenvalue weighted by molar-refractivity contribution is 0.306. The van der Waals surface area contributed by atoms with E-state index in [1.807, 2.05) is 48.5 Å². The minimum absolute atomic E-state index is 0.263. The monoisotopic (exact) mass is 383 g/mol. The van der Waals surface area contributed by atoms with Crippen LogP contribution in [-0.2, 0) is 6.61 Å². The molecule has 0 amide bonds. The molecule has 0 heterocycles. The maximum absolute atomic E-state index is 12.8.